The molecule has 4 rings (SSSR count). The summed E-state index contributed by atoms with van der Waals surface area (Å²) in [6.07, 6.45) is -5.27. The van der Waals surface area contributed by atoms with Crippen molar-refractivity contribution >= 4 is 5.97 Å². The standard InChI is InChI=1S/C17H16F3N4O5/c1-9-14-11-5-10(28-16(2)7-21-8-16)3-4-13(11)27-6-12(14)22-24(23(9)26)29-15(25)17(18,19)20/h3-5,21H,6-8H2,1-2H3/q+1. The van der Waals surface area contributed by atoms with Gasteiger partial charge >= 0.3 is 12.1 Å². The van der Waals surface area contributed by atoms with Crippen LogP contribution in [0.2, 0.25) is 0 Å². The fraction of sp³-hybridized carbons (Fsp3) is 0.412. The molecule has 0 spiro atoms. The third-order valence-electron chi connectivity index (χ3n) is 4.64. The summed E-state index contributed by atoms with van der Waals surface area (Å²) < 4.78 is 48.9. The van der Waals surface area contributed by atoms with Gasteiger partial charge in [0.05, 0.1) is 10.7 Å². The molecule has 9 nitrogen and oxygen atoms in total. The monoisotopic (exact) mass is 413 g/mol. The summed E-state index contributed by atoms with van der Waals surface area (Å²) >= 11 is 0. The Morgan fingerprint density at radius 2 is 2.10 bits per heavy atom. The normalized spacial score (nSPS) is 16.7. The maximum absolute atomic E-state index is 12.4. The summed E-state index contributed by atoms with van der Waals surface area (Å²) in [4.78, 5) is 27.5. The van der Waals surface area contributed by atoms with Gasteiger partial charge in [-0.1, -0.05) is 0 Å². The quantitative estimate of drug-likeness (QED) is 0.748. The summed E-state index contributed by atoms with van der Waals surface area (Å²) in [5.74, 6) is -1.55. The SMILES string of the molecule is Cc1c2c(nn(OC(=O)C(F)(F)F)[n+]1=O)COc1ccc(OC3(C)CNC3)cc1-2. The van der Waals surface area contributed by atoms with Crippen molar-refractivity contribution in [1.82, 2.24) is 15.4 Å². The number of fused-ring (bicyclic) bond motifs is 3. The highest BCUT2D eigenvalue weighted by Crippen LogP contribution is 2.40. The molecule has 1 aromatic heterocycles. The Hall–Kier alpha value is -3.15. The minimum absolute atomic E-state index is 0.0109. The predicted molar refractivity (Wildman–Crippen MR) is 89.6 cm³/mol. The van der Waals surface area contributed by atoms with Crippen molar-refractivity contribution in [2.45, 2.75) is 32.2 Å². The van der Waals surface area contributed by atoms with E-state index in [2.05, 4.69) is 15.3 Å². The molecule has 2 aliphatic heterocycles. The number of carbonyl (C=O) groups is 1. The third-order valence-corrected chi connectivity index (χ3v) is 4.64. The summed E-state index contributed by atoms with van der Waals surface area (Å²) in [5.41, 5.74) is 0.657. The van der Waals surface area contributed by atoms with Gasteiger partial charge in [0, 0.05) is 25.6 Å². The number of alkyl halides is 3. The number of rotatable bonds is 3. The first kappa shape index (κ1) is 19.2. The minimum Gasteiger partial charge on any atom is -0.485 e. The smallest absolute Gasteiger partial charge is 0.485 e. The van der Waals surface area contributed by atoms with Crippen molar-refractivity contribution < 1.29 is 36.8 Å². The highest BCUT2D eigenvalue weighted by atomic mass is 19.4. The van der Waals surface area contributed by atoms with E-state index in [0.717, 1.165) is 0 Å². The summed E-state index contributed by atoms with van der Waals surface area (Å²) in [5, 5.41) is 6.83. The molecule has 154 valence electrons. The molecule has 1 fully saturated rings. The molecule has 2 aromatic rings. The average Bonchev–Trinajstić information content (AvgIpc) is 2.63. The number of carbonyl (C=O) groups excluding carboxylic acids is 1. The van der Waals surface area contributed by atoms with Crippen LogP contribution in [0.5, 0.6) is 11.5 Å². The molecule has 2 aliphatic rings. The van der Waals surface area contributed by atoms with Crippen LogP contribution in [0.25, 0.3) is 11.1 Å². The van der Waals surface area contributed by atoms with Gasteiger partial charge in [-0.2, -0.15) is 13.2 Å². The first-order chi connectivity index (χ1) is 13.6. The van der Waals surface area contributed by atoms with E-state index in [-0.39, 0.29) is 33.1 Å². The van der Waals surface area contributed by atoms with Gasteiger partial charge in [-0.3, -0.25) is 4.84 Å². The molecule has 0 bridgehead atoms. The van der Waals surface area contributed by atoms with E-state index >= 15 is 0 Å². The topological polar surface area (TPSA) is 97.6 Å². The largest absolute Gasteiger partial charge is 0.493 e. The molecule has 12 heteroatoms. The fourth-order valence-corrected chi connectivity index (χ4v) is 3.14. The van der Waals surface area contributed by atoms with Crippen molar-refractivity contribution in [3.05, 3.63) is 34.5 Å². The van der Waals surface area contributed by atoms with Gasteiger partial charge in [-0.25, -0.2) is 4.79 Å². The van der Waals surface area contributed by atoms with Gasteiger partial charge in [-0.15, -0.1) is 0 Å². The highest BCUT2D eigenvalue weighted by Gasteiger charge is 2.44. The van der Waals surface area contributed by atoms with Gasteiger partial charge in [0.1, 0.15) is 21.6 Å². The molecular formula is C17H16F3N4O5+. The zero-order valence-corrected chi connectivity index (χ0v) is 15.4. The van der Waals surface area contributed by atoms with E-state index < -0.39 is 12.1 Å². The van der Waals surface area contributed by atoms with Gasteiger partial charge in [0.15, 0.2) is 12.3 Å². The van der Waals surface area contributed by atoms with Crippen LogP contribution in [0.4, 0.5) is 13.2 Å². The van der Waals surface area contributed by atoms with Crippen LogP contribution in [-0.4, -0.2) is 40.9 Å². The predicted octanol–water partition coefficient (Wildman–Crippen LogP) is 0.924. The van der Waals surface area contributed by atoms with Crippen LogP contribution in [0.3, 0.4) is 0 Å². The van der Waals surface area contributed by atoms with E-state index in [4.69, 9.17) is 9.47 Å². The van der Waals surface area contributed by atoms with Gasteiger partial charge in [0.2, 0.25) is 10.7 Å². The number of nitrogens with zero attached hydrogens (tertiary/aromatic N) is 3. The number of benzene rings is 1. The maximum atomic E-state index is 12.4. The van der Waals surface area contributed by atoms with Crippen molar-refractivity contribution in [1.29, 1.82) is 0 Å². The summed E-state index contributed by atoms with van der Waals surface area (Å²) in [6.45, 7) is 4.58. The zero-order valence-electron chi connectivity index (χ0n) is 15.4. The van der Waals surface area contributed by atoms with Crippen LogP contribution < -0.4 is 24.2 Å². The van der Waals surface area contributed by atoms with Gasteiger partial charge in [0.25, 0.3) is 0 Å². The Morgan fingerprint density at radius 1 is 1.38 bits per heavy atom. The second-order valence-electron chi connectivity index (χ2n) is 7.01. The first-order valence-corrected chi connectivity index (χ1v) is 8.59. The molecule has 29 heavy (non-hydrogen) atoms. The molecule has 0 aliphatic carbocycles. The van der Waals surface area contributed by atoms with Crippen molar-refractivity contribution in [3.63, 3.8) is 0 Å². The molecule has 3 heterocycles. The number of ether oxygens (including phenoxy) is 2. The van der Waals surface area contributed by atoms with E-state index in [1.165, 1.54) is 6.92 Å². The second kappa shape index (κ2) is 6.44. The van der Waals surface area contributed by atoms with Crippen LogP contribution in [0.1, 0.15) is 18.3 Å². The lowest BCUT2D eigenvalue weighted by Gasteiger charge is -2.39. The summed E-state index contributed by atoms with van der Waals surface area (Å²) in [6, 6.07) is 5.09. The lowest BCUT2D eigenvalue weighted by molar-refractivity contribution is -0.646. The number of hydrogen-bond acceptors (Lipinski definition) is 7. The molecule has 0 unspecified atom stereocenters. The summed E-state index contributed by atoms with van der Waals surface area (Å²) in [7, 11) is 0. The zero-order chi connectivity index (χ0) is 21.0. The average molecular weight is 413 g/mol. The minimum atomic E-state index is -5.27. The second-order valence-corrected chi connectivity index (χ2v) is 7.01. The van der Waals surface area contributed by atoms with E-state index in [1.807, 2.05) is 6.92 Å². The molecular weight excluding hydrogens is 397 g/mol. The molecule has 1 saturated heterocycles. The van der Waals surface area contributed by atoms with Crippen molar-refractivity contribution in [2.75, 3.05) is 13.1 Å². The molecule has 0 atom stereocenters. The van der Waals surface area contributed by atoms with Crippen molar-refractivity contribution in [3.8, 4) is 22.6 Å². The molecule has 0 radical (unpaired) electrons. The maximum Gasteiger partial charge on any atom is 0.493 e. The Bertz CT molecular complexity index is 1060. The van der Waals surface area contributed by atoms with Crippen molar-refractivity contribution in [2.24, 2.45) is 0 Å². The van der Waals surface area contributed by atoms with Crippen LogP contribution >= 0.6 is 0 Å². The van der Waals surface area contributed by atoms with E-state index in [1.54, 1.807) is 18.2 Å². The molecule has 1 N–H and O–H groups in total. The number of aromatic nitrogens is 3. The Balaban J connectivity index is 1.74. The van der Waals surface area contributed by atoms with E-state index in [9.17, 15) is 22.9 Å². The Morgan fingerprint density at radius 3 is 2.72 bits per heavy atom. The van der Waals surface area contributed by atoms with Gasteiger partial charge < -0.3 is 14.8 Å². The van der Waals surface area contributed by atoms with Crippen LogP contribution in [-0.2, 0) is 11.4 Å². The Labute approximate surface area is 161 Å². The number of halogens is 3. The van der Waals surface area contributed by atoms with Gasteiger partial charge in [-0.05, 0) is 30.0 Å². The molecule has 0 amide bonds. The van der Waals surface area contributed by atoms with E-state index in [0.29, 0.717) is 35.7 Å². The lowest BCUT2D eigenvalue weighted by Crippen LogP contribution is -2.61. The fourth-order valence-electron chi connectivity index (χ4n) is 3.14. The number of hydrogen-bond donors (Lipinski definition) is 1. The Kier molecular flexibility index (Phi) is 4.26. The highest BCUT2D eigenvalue weighted by molar-refractivity contribution is 5.77. The first-order valence-electron chi connectivity index (χ1n) is 8.59. The lowest BCUT2D eigenvalue weighted by atomic mass is 9.98. The molecule has 1 aromatic carbocycles. The number of nitrogens with one attached hydrogen (secondary N) is 1. The van der Waals surface area contributed by atoms with Crippen LogP contribution in [0.15, 0.2) is 18.2 Å². The molecule has 0 saturated carbocycles. The van der Waals surface area contributed by atoms with Crippen LogP contribution in [0, 0.1) is 11.8 Å². The third kappa shape index (κ3) is 3.39.